The maximum atomic E-state index is 5.27. The third kappa shape index (κ3) is 2.40. The summed E-state index contributed by atoms with van der Waals surface area (Å²) in [5, 5.41) is 0. The first-order chi connectivity index (χ1) is 5.89. The maximum Gasteiger partial charge on any atom is 0.153 e. The number of hydrogen-bond donors (Lipinski definition) is 0. The van der Waals surface area contributed by atoms with Crippen LogP contribution in [0.2, 0.25) is 0 Å². The molecule has 0 atom stereocenters. The molecule has 0 saturated carbocycles. The van der Waals surface area contributed by atoms with E-state index in [0.717, 1.165) is 0 Å². The second kappa shape index (κ2) is 4.91. The molecule has 0 N–H and O–H groups in total. The Bertz CT molecular complexity index is 124. The van der Waals surface area contributed by atoms with Crippen LogP contribution in [0.4, 0.5) is 0 Å². The van der Waals surface area contributed by atoms with E-state index in [2.05, 4.69) is 57.0 Å². The molecule has 0 fully saturated rings. The van der Waals surface area contributed by atoms with Crippen molar-refractivity contribution in [2.24, 2.45) is 0 Å². The first-order valence-corrected chi connectivity index (χ1v) is 4.40. The molecule has 0 saturated heterocycles. The Kier molecular flexibility index (Phi) is 4.85. The van der Waals surface area contributed by atoms with Crippen LogP contribution in [0.3, 0.4) is 0 Å². The summed E-state index contributed by atoms with van der Waals surface area (Å²) < 4.78 is 5.27. The molecule has 0 rings (SSSR count). The summed E-state index contributed by atoms with van der Waals surface area (Å²) >= 11 is 0. The molecule has 0 radical (unpaired) electrons. The molecular weight excluding hydrogens is 166 g/mol. The van der Waals surface area contributed by atoms with Gasteiger partial charge in [0.1, 0.15) is 0 Å². The molecule has 13 heavy (non-hydrogen) atoms. The molecule has 0 amide bonds. The van der Waals surface area contributed by atoms with Crippen molar-refractivity contribution < 1.29 is 4.74 Å². The number of rotatable bonds is 5. The lowest BCUT2D eigenvalue weighted by atomic mass is 10.2. The molecule has 0 aliphatic heterocycles. The molecule has 80 valence electrons. The maximum absolute atomic E-state index is 5.27. The summed E-state index contributed by atoms with van der Waals surface area (Å²) in [7, 11) is 14.1. The number of methoxy groups -OCH3 is 1. The SMILES string of the molecule is COCC(N(C)C)(N(C)C)N(C)C. The summed E-state index contributed by atoms with van der Waals surface area (Å²) in [5.74, 6) is -0.172. The fraction of sp³-hybridized carbons (Fsp3) is 1.00. The van der Waals surface area contributed by atoms with Crippen LogP contribution in [0.5, 0.6) is 0 Å². The highest BCUT2D eigenvalue weighted by atomic mass is 16.5. The summed E-state index contributed by atoms with van der Waals surface area (Å²) in [6.45, 7) is 0.653. The molecule has 0 aliphatic carbocycles. The first-order valence-electron chi connectivity index (χ1n) is 4.40. The van der Waals surface area contributed by atoms with Gasteiger partial charge in [0, 0.05) is 7.11 Å². The normalized spacial score (nSPS) is 13.4. The van der Waals surface area contributed by atoms with Crippen LogP contribution in [-0.4, -0.2) is 76.5 Å². The van der Waals surface area contributed by atoms with Gasteiger partial charge in [-0.1, -0.05) is 0 Å². The van der Waals surface area contributed by atoms with Crippen molar-refractivity contribution in [2.75, 3.05) is 56.0 Å². The second-order valence-electron chi connectivity index (χ2n) is 3.89. The quantitative estimate of drug-likeness (QED) is 0.565. The van der Waals surface area contributed by atoms with E-state index in [0.29, 0.717) is 6.61 Å². The van der Waals surface area contributed by atoms with Gasteiger partial charge in [0.2, 0.25) is 0 Å². The Labute approximate surface area is 82.1 Å². The smallest absolute Gasteiger partial charge is 0.153 e. The Balaban J connectivity index is 4.82. The van der Waals surface area contributed by atoms with Crippen LogP contribution >= 0.6 is 0 Å². The zero-order valence-electron chi connectivity index (χ0n) is 9.96. The molecule has 0 aromatic rings. The van der Waals surface area contributed by atoms with E-state index in [1.54, 1.807) is 7.11 Å². The summed E-state index contributed by atoms with van der Waals surface area (Å²) in [6.07, 6.45) is 0. The Morgan fingerprint density at radius 2 is 1.15 bits per heavy atom. The highest BCUT2D eigenvalue weighted by Crippen LogP contribution is 2.17. The number of likely N-dealkylation sites (N-methyl/N-ethyl adjacent to an activating group) is 3. The van der Waals surface area contributed by atoms with Gasteiger partial charge in [-0.2, -0.15) is 0 Å². The summed E-state index contributed by atoms with van der Waals surface area (Å²) in [5.41, 5.74) is 0. The Morgan fingerprint density at radius 3 is 1.23 bits per heavy atom. The van der Waals surface area contributed by atoms with Crippen LogP contribution < -0.4 is 0 Å². The van der Waals surface area contributed by atoms with Gasteiger partial charge in [-0.15, -0.1) is 0 Å². The van der Waals surface area contributed by atoms with Gasteiger partial charge < -0.3 is 4.74 Å². The first kappa shape index (κ1) is 12.8. The van der Waals surface area contributed by atoms with Crippen molar-refractivity contribution in [1.29, 1.82) is 0 Å². The number of ether oxygens (including phenoxy) is 1. The molecule has 4 heteroatoms. The third-order valence-electron chi connectivity index (χ3n) is 2.49. The van der Waals surface area contributed by atoms with Crippen LogP contribution in [0.15, 0.2) is 0 Å². The number of hydrogen-bond acceptors (Lipinski definition) is 4. The van der Waals surface area contributed by atoms with Crippen molar-refractivity contribution >= 4 is 0 Å². The van der Waals surface area contributed by atoms with Crippen molar-refractivity contribution in [2.45, 2.75) is 5.79 Å². The van der Waals surface area contributed by atoms with Crippen molar-refractivity contribution in [3.05, 3.63) is 0 Å². The minimum atomic E-state index is -0.172. The number of nitrogens with zero attached hydrogens (tertiary/aromatic N) is 3. The van der Waals surface area contributed by atoms with Gasteiger partial charge in [0.25, 0.3) is 0 Å². The monoisotopic (exact) mass is 189 g/mol. The van der Waals surface area contributed by atoms with E-state index in [-0.39, 0.29) is 5.79 Å². The average Bonchev–Trinajstić information content (AvgIpc) is 1.97. The molecule has 0 aromatic carbocycles. The second-order valence-corrected chi connectivity index (χ2v) is 3.89. The molecule has 0 heterocycles. The molecule has 0 aromatic heterocycles. The predicted octanol–water partition coefficient (Wildman–Crippen LogP) is -0.0286. The standard InChI is InChI=1S/C9H23N3O/c1-10(2)9(8-13-7,11(3)4)12(5)6/h8H2,1-7H3. The van der Waals surface area contributed by atoms with Crippen LogP contribution in [0.25, 0.3) is 0 Å². The lowest BCUT2D eigenvalue weighted by Gasteiger charge is -2.49. The molecule has 0 unspecified atom stereocenters. The van der Waals surface area contributed by atoms with E-state index in [1.165, 1.54) is 0 Å². The zero-order chi connectivity index (χ0) is 10.6. The minimum Gasteiger partial charge on any atom is -0.380 e. The van der Waals surface area contributed by atoms with Gasteiger partial charge in [-0.25, -0.2) is 0 Å². The fourth-order valence-electron chi connectivity index (χ4n) is 1.78. The van der Waals surface area contributed by atoms with Gasteiger partial charge in [0.05, 0.1) is 6.61 Å². The Morgan fingerprint density at radius 1 is 0.846 bits per heavy atom. The highest BCUT2D eigenvalue weighted by molar-refractivity contribution is 4.81. The summed E-state index contributed by atoms with van der Waals surface area (Å²) in [4.78, 5) is 6.45. The average molecular weight is 189 g/mol. The molecule has 0 aliphatic rings. The topological polar surface area (TPSA) is 19.0 Å². The van der Waals surface area contributed by atoms with Gasteiger partial charge >= 0.3 is 0 Å². The summed E-state index contributed by atoms with van der Waals surface area (Å²) in [6, 6.07) is 0. The third-order valence-corrected chi connectivity index (χ3v) is 2.49. The largest absolute Gasteiger partial charge is 0.380 e. The lowest BCUT2D eigenvalue weighted by molar-refractivity contribution is -0.146. The van der Waals surface area contributed by atoms with Gasteiger partial charge in [-0.05, 0) is 42.3 Å². The van der Waals surface area contributed by atoms with Crippen LogP contribution in [0.1, 0.15) is 0 Å². The van der Waals surface area contributed by atoms with E-state index < -0.39 is 0 Å². The van der Waals surface area contributed by atoms with E-state index in [4.69, 9.17) is 4.74 Å². The molecular formula is C9H23N3O. The van der Waals surface area contributed by atoms with E-state index in [1.807, 2.05) is 0 Å². The van der Waals surface area contributed by atoms with Gasteiger partial charge in [-0.3, -0.25) is 14.7 Å². The lowest BCUT2D eigenvalue weighted by Crippen LogP contribution is -2.66. The van der Waals surface area contributed by atoms with Crippen LogP contribution in [-0.2, 0) is 4.74 Å². The van der Waals surface area contributed by atoms with Crippen molar-refractivity contribution in [3.8, 4) is 0 Å². The zero-order valence-corrected chi connectivity index (χ0v) is 9.96. The van der Waals surface area contributed by atoms with Crippen molar-refractivity contribution in [3.63, 3.8) is 0 Å². The minimum absolute atomic E-state index is 0.172. The van der Waals surface area contributed by atoms with E-state index >= 15 is 0 Å². The van der Waals surface area contributed by atoms with Crippen molar-refractivity contribution in [1.82, 2.24) is 14.7 Å². The highest BCUT2D eigenvalue weighted by Gasteiger charge is 2.37. The molecule has 0 spiro atoms. The molecule has 0 bridgehead atoms. The Hall–Kier alpha value is -0.160. The van der Waals surface area contributed by atoms with Crippen LogP contribution in [0, 0.1) is 0 Å². The van der Waals surface area contributed by atoms with Gasteiger partial charge in [0.15, 0.2) is 5.79 Å². The van der Waals surface area contributed by atoms with E-state index in [9.17, 15) is 0 Å². The predicted molar refractivity (Wildman–Crippen MR) is 55.7 cm³/mol. The fourth-order valence-corrected chi connectivity index (χ4v) is 1.78. The molecule has 4 nitrogen and oxygen atoms in total.